The summed E-state index contributed by atoms with van der Waals surface area (Å²) in [5, 5.41) is 19.1. The first kappa shape index (κ1) is 10.2. The molecular formula is C7H10N4O. The average Bonchev–Trinajstić information content (AvgIpc) is 2.04. The fraction of sp³-hybridized carbons (Fsp3) is 0.571. The van der Waals surface area contributed by atoms with E-state index in [1.807, 2.05) is 0 Å². The SMILES string of the molecule is CCNC(=O)N(CC#N)CC#N. The van der Waals surface area contributed by atoms with Crippen LogP contribution in [0.25, 0.3) is 0 Å². The van der Waals surface area contributed by atoms with Gasteiger partial charge in [-0.25, -0.2) is 4.79 Å². The summed E-state index contributed by atoms with van der Waals surface area (Å²) >= 11 is 0. The molecule has 2 amide bonds. The number of hydrogen-bond donors (Lipinski definition) is 1. The molecule has 0 saturated heterocycles. The monoisotopic (exact) mass is 166 g/mol. The maximum atomic E-state index is 11.0. The van der Waals surface area contributed by atoms with Crippen LogP contribution in [0.5, 0.6) is 0 Å². The van der Waals surface area contributed by atoms with Gasteiger partial charge in [0.05, 0.1) is 12.1 Å². The van der Waals surface area contributed by atoms with Gasteiger partial charge >= 0.3 is 6.03 Å². The second-order valence-electron chi connectivity index (χ2n) is 2.01. The Morgan fingerprint density at radius 1 is 1.42 bits per heavy atom. The Morgan fingerprint density at radius 3 is 2.25 bits per heavy atom. The molecule has 0 aliphatic carbocycles. The van der Waals surface area contributed by atoms with E-state index in [-0.39, 0.29) is 19.1 Å². The quantitative estimate of drug-likeness (QED) is 0.602. The first-order chi connectivity index (χ1) is 5.76. The molecule has 0 fully saturated rings. The summed E-state index contributed by atoms with van der Waals surface area (Å²) in [7, 11) is 0. The first-order valence-electron chi connectivity index (χ1n) is 3.53. The molecular weight excluding hydrogens is 156 g/mol. The summed E-state index contributed by atoms with van der Waals surface area (Å²) in [6, 6.07) is 3.24. The Bertz CT molecular complexity index is 209. The molecule has 64 valence electrons. The molecule has 0 saturated carbocycles. The van der Waals surface area contributed by atoms with Crippen LogP contribution in [0.15, 0.2) is 0 Å². The van der Waals surface area contributed by atoms with E-state index in [2.05, 4.69) is 5.32 Å². The van der Waals surface area contributed by atoms with Gasteiger partial charge in [-0.3, -0.25) is 4.90 Å². The molecule has 0 aromatic rings. The van der Waals surface area contributed by atoms with E-state index in [0.29, 0.717) is 6.54 Å². The van der Waals surface area contributed by atoms with Gasteiger partial charge in [0.2, 0.25) is 0 Å². The van der Waals surface area contributed by atoms with Crippen molar-refractivity contribution < 1.29 is 4.79 Å². The Balaban J connectivity index is 4.03. The van der Waals surface area contributed by atoms with E-state index in [1.165, 1.54) is 0 Å². The van der Waals surface area contributed by atoms with Gasteiger partial charge in [-0.05, 0) is 6.92 Å². The van der Waals surface area contributed by atoms with Crippen molar-refractivity contribution in [2.75, 3.05) is 19.6 Å². The van der Waals surface area contributed by atoms with Crippen LogP contribution >= 0.6 is 0 Å². The van der Waals surface area contributed by atoms with Gasteiger partial charge in [-0.1, -0.05) is 0 Å². The van der Waals surface area contributed by atoms with Crippen LogP contribution in [0.1, 0.15) is 6.92 Å². The third kappa shape index (κ3) is 3.43. The van der Waals surface area contributed by atoms with Gasteiger partial charge in [0, 0.05) is 6.54 Å². The van der Waals surface area contributed by atoms with Crippen LogP contribution in [0.4, 0.5) is 4.79 Å². The van der Waals surface area contributed by atoms with Crippen LogP contribution in [0.3, 0.4) is 0 Å². The van der Waals surface area contributed by atoms with E-state index in [4.69, 9.17) is 10.5 Å². The highest BCUT2D eigenvalue weighted by Crippen LogP contribution is 1.86. The fourth-order valence-corrected chi connectivity index (χ4v) is 0.633. The molecule has 0 aliphatic rings. The fourth-order valence-electron chi connectivity index (χ4n) is 0.633. The number of urea groups is 1. The largest absolute Gasteiger partial charge is 0.338 e. The van der Waals surface area contributed by atoms with Crippen molar-refractivity contribution >= 4 is 6.03 Å². The predicted molar refractivity (Wildman–Crippen MR) is 41.9 cm³/mol. The lowest BCUT2D eigenvalue weighted by Gasteiger charge is -2.15. The van der Waals surface area contributed by atoms with Crippen molar-refractivity contribution in [3.63, 3.8) is 0 Å². The molecule has 1 N–H and O–H groups in total. The number of nitrogens with zero attached hydrogens (tertiary/aromatic N) is 3. The number of rotatable bonds is 3. The van der Waals surface area contributed by atoms with Gasteiger partial charge in [-0.15, -0.1) is 0 Å². The van der Waals surface area contributed by atoms with Gasteiger partial charge in [0.1, 0.15) is 13.1 Å². The number of carbonyl (C=O) groups is 1. The lowest BCUT2D eigenvalue weighted by Crippen LogP contribution is -2.40. The van der Waals surface area contributed by atoms with E-state index in [1.54, 1.807) is 19.1 Å². The summed E-state index contributed by atoms with van der Waals surface area (Å²) in [6.45, 7) is 2.15. The summed E-state index contributed by atoms with van der Waals surface area (Å²) < 4.78 is 0. The van der Waals surface area contributed by atoms with Crippen LogP contribution < -0.4 is 5.32 Å². The van der Waals surface area contributed by atoms with E-state index < -0.39 is 0 Å². The van der Waals surface area contributed by atoms with Crippen molar-refractivity contribution in [3.8, 4) is 12.1 Å². The van der Waals surface area contributed by atoms with E-state index in [0.717, 1.165) is 4.90 Å². The summed E-state index contributed by atoms with van der Waals surface area (Å²) in [5.74, 6) is 0. The number of carbonyl (C=O) groups excluding carboxylic acids is 1. The molecule has 0 heterocycles. The van der Waals surface area contributed by atoms with Gasteiger partial charge in [0.25, 0.3) is 0 Å². The Morgan fingerprint density at radius 2 is 1.92 bits per heavy atom. The van der Waals surface area contributed by atoms with Crippen LogP contribution in [0.2, 0.25) is 0 Å². The van der Waals surface area contributed by atoms with Crippen molar-refractivity contribution in [2.45, 2.75) is 6.92 Å². The van der Waals surface area contributed by atoms with Crippen LogP contribution in [-0.2, 0) is 0 Å². The zero-order valence-electron chi connectivity index (χ0n) is 6.87. The molecule has 0 radical (unpaired) electrons. The minimum Gasteiger partial charge on any atom is -0.338 e. The summed E-state index contributed by atoms with van der Waals surface area (Å²) in [4.78, 5) is 12.2. The highest BCUT2D eigenvalue weighted by Gasteiger charge is 2.09. The second kappa shape index (κ2) is 5.99. The highest BCUT2D eigenvalue weighted by molar-refractivity contribution is 5.74. The average molecular weight is 166 g/mol. The molecule has 0 atom stereocenters. The molecule has 12 heavy (non-hydrogen) atoms. The standard InChI is InChI=1S/C7H10N4O/c1-2-10-7(12)11(5-3-8)6-4-9/h2,5-6H2,1H3,(H,10,12). The number of nitriles is 2. The molecule has 5 nitrogen and oxygen atoms in total. The van der Waals surface area contributed by atoms with Crippen molar-refractivity contribution in [1.82, 2.24) is 10.2 Å². The second-order valence-corrected chi connectivity index (χ2v) is 2.01. The number of amides is 2. The molecule has 5 heteroatoms. The molecule has 0 aromatic heterocycles. The maximum absolute atomic E-state index is 11.0. The normalized spacial score (nSPS) is 7.92. The van der Waals surface area contributed by atoms with E-state index >= 15 is 0 Å². The van der Waals surface area contributed by atoms with Gasteiger partial charge in [-0.2, -0.15) is 10.5 Å². The van der Waals surface area contributed by atoms with Crippen LogP contribution in [0, 0.1) is 22.7 Å². The molecule has 0 unspecified atom stereocenters. The third-order valence-corrected chi connectivity index (χ3v) is 1.14. The van der Waals surface area contributed by atoms with Crippen LogP contribution in [-0.4, -0.2) is 30.6 Å². The van der Waals surface area contributed by atoms with Gasteiger partial charge < -0.3 is 5.32 Å². The van der Waals surface area contributed by atoms with Crippen molar-refractivity contribution in [3.05, 3.63) is 0 Å². The third-order valence-electron chi connectivity index (χ3n) is 1.14. The zero-order chi connectivity index (χ0) is 9.40. The molecule has 0 spiro atoms. The smallest absolute Gasteiger partial charge is 0.319 e. The Hall–Kier alpha value is -1.75. The topological polar surface area (TPSA) is 79.9 Å². The Kier molecular flexibility index (Phi) is 5.12. The van der Waals surface area contributed by atoms with E-state index in [9.17, 15) is 4.79 Å². The minimum atomic E-state index is -0.374. The summed E-state index contributed by atoms with van der Waals surface area (Å²) in [6.07, 6.45) is 0. The lowest BCUT2D eigenvalue weighted by molar-refractivity contribution is 0.210. The minimum absolute atomic E-state index is 0.0562. The number of nitrogens with one attached hydrogen (secondary N) is 1. The molecule has 0 rings (SSSR count). The maximum Gasteiger partial charge on any atom is 0.319 e. The highest BCUT2D eigenvalue weighted by atomic mass is 16.2. The van der Waals surface area contributed by atoms with Crippen molar-refractivity contribution in [2.24, 2.45) is 0 Å². The molecule has 0 aromatic carbocycles. The Labute approximate surface area is 71.2 Å². The van der Waals surface area contributed by atoms with Gasteiger partial charge in [0.15, 0.2) is 0 Å². The first-order valence-corrected chi connectivity index (χ1v) is 3.53. The predicted octanol–water partition coefficient (Wildman–Crippen LogP) is 0.0651. The summed E-state index contributed by atoms with van der Waals surface area (Å²) in [5.41, 5.74) is 0. The number of hydrogen-bond acceptors (Lipinski definition) is 3. The molecule has 0 bridgehead atoms. The lowest BCUT2D eigenvalue weighted by atomic mass is 10.5. The van der Waals surface area contributed by atoms with Crippen molar-refractivity contribution in [1.29, 1.82) is 10.5 Å². The zero-order valence-corrected chi connectivity index (χ0v) is 6.87. The molecule has 0 aliphatic heterocycles.